The van der Waals surface area contributed by atoms with Crippen LogP contribution in [0.2, 0.25) is 0 Å². The summed E-state index contributed by atoms with van der Waals surface area (Å²) in [7, 11) is 0. The van der Waals surface area contributed by atoms with E-state index in [9.17, 15) is 4.79 Å². The molecule has 1 aromatic rings. The molecule has 0 spiro atoms. The number of rotatable bonds is 8. The maximum atomic E-state index is 11.4. The fraction of sp³-hybridized carbons (Fsp3) is 0.467. The van der Waals surface area contributed by atoms with E-state index in [1.165, 1.54) is 0 Å². The van der Waals surface area contributed by atoms with Crippen molar-refractivity contribution < 1.29 is 9.53 Å². The van der Waals surface area contributed by atoms with E-state index >= 15 is 0 Å². The molecule has 104 valence electrons. The Morgan fingerprint density at radius 1 is 1.32 bits per heavy atom. The van der Waals surface area contributed by atoms with Crippen LogP contribution in [0.5, 0.6) is 5.75 Å². The van der Waals surface area contributed by atoms with E-state index in [0.717, 1.165) is 30.6 Å². The van der Waals surface area contributed by atoms with Crippen molar-refractivity contribution in [2.45, 2.75) is 39.5 Å². The number of ether oxygens (including phenoxy) is 1. The second-order valence-corrected chi connectivity index (χ2v) is 4.28. The fourth-order valence-corrected chi connectivity index (χ4v) is 1.50. The largest absolute Gasteiger partial charge is 0.493 e. The molecule has 0 fully saturated rings. The number of carbonyl (C=O) groups is 1. The summed E-state index contributed by atoms with van der Waals surface area (Å²) in [6, 6.07) is 7.64. The molecule has 0 saturated carbocycles. The number of nitrogens with zero attached hydrogens (tertiary/aromatic N) is 1. The number of carbonyl (C=O) groups excluding carboxylic acids is 1. The summed E-state index contributed by atoms with van der Waals surface area (Å²) in [6.07, 6.45) is 4.98. The minimum absolute atomic E-state index is 0.0509. The number of nitrogens with one attached hydrogen (secondary N) is 1. The Labute approximate surface area is 114 Å². The van der Waals surface area contributed by atoms with Crippen LogP contribution in [0.15, 0.2) is 29.4 Å². The van der Waals surface area contributed by atoms with E-state index in [2.05, 4.69) is 24.4 Å². The van der Waals surface area contributed by atoms with Gasteiger partial charge in [0.2, 0.25) is 5.91 Å². The maximum absolute atomic E-state index is 11.4. The third-order valence-electron chi connectivity index (χ3n) is 2.53. The zero-order chi connectivity index (χ0) is 13.9. The molecule has 0 radical (unpaired) electrons. The van der Waals surface area contributed by atoms with Gasteiger partial charge in [0.25, 0.3) is 0 Å². The van der Waals surface area contributed by atoms with Crippen LogP contribution in [-0.2, 0) is 4.79 Å². The zero-order valence-corrected chi connectivity index (χ0v) is 11.7. The Hall–Kier alpha value is -1.84. The maximum Gasteiger partial charge on any atom is 0.240 e. The Balaban J connectivity index is 2.53. The average Bonchev–Trinajstić information content (AvgIpc) is 2.44. The molecule has 0 aromatic heterocycles. The van der Waals surface area contributed by atoms with Crippen molar-refractivity contribution in [3.63, 3.8) is 0 Å². The highest BCUT2D eigenvalue weighted by Gasteiger charge is 2.00. The monoisotopic (exact) mass is 262 g/mol. The number of hydrazone groups is 1. The molecule has 4 nitrogen and oxygen atoms in total. The lowest BCUT2D eigenvalue weighted by molar-refractivity contribution is -0.121. The normalized spacial score (nSPS) is 10.6. The number of para-hydroxylation sites is 1. The van der Waals surface area contributed by atoms with Gasteiger partial charge in [0.1, 0.15) is 5.75 Å². The topological polar surface area (TPSA) is 50.7 Å². The van der Waals surface area contributed by atoms with Gasteiger partial charge in [-0.05, 0) is 25.0 Å². The number of amides is 1. The Bertz CT molecular complexity index is 416. The van der Waals surface area contributed by atoms with Gasteiger partial charge in [0, 0.05) is 12.0 Å². The molecule has 0 aliphatic heterocycles. The van der Waals surface area contributed by atoms with Gasteiger partial charge < -0.3 is 4.74 Å². The molecule has 0 bridgehead atoms. The quantitative estimate of drug-likeness (QED) is 0.578. The smallest absolute Gasteiger partial charge is 0.240 e. The van der Waals surface area contributed by atoms with Gasteiger partial charge in [-0.2, -0.15) is 5.10 Å². The SMILES string of the molecule is CCCCC(=O)N/N=C/c1ccccc1OCCC. The molecule has 0 atom stereocenters. The molecule has 0 aliphatic carbocycles. The van der Waals surface area contributed by atoms with Crippen molar-refractivity contribution in [1.29, 1.82) is 0 Å². The number of unbranched alkanes of at least 4 members (excludes halogenated alkanes) is 1. The van der Waals surface area contributed by atoms with Crippen LogP contribution in [0.25, 0.3) is 0 Å². The molecular formula is C15H22N2O2. The minimum Gasteiger partial charge on any atom is -0.493 e. The van der Waals surface area contributed by atoms with Crippen molar-refractivity contribution in [1.82, 2.24) is 5.43 Å². The summed E-state index contributed by atoms with van der Waals surface area (Å²) in [4.78, 5) is 11.4. The van der Waals surface area contributed by atoms with E-state index in [4.69, 9.17) is 4.74 Å². The second-order valence-electron chi connectivity index (χ2n) is 4.28. The highest BCUT2D eigenvalue weighted by molar-refractivity contribution is 5.85. The Kier molecular flexibility index (Phi) is 7.32. The average molecular weight is 262 g/mol. The lowest BCUT2D eigenvalue weighted by Crippen LogP contribution is -2.16. The van der Waals surface area contributed by atoms with Crippen LogP contribution in [0.1, 0.15) is 45.1 Å². The first-order valence-electron chi connectivity index (χ1n) is 6.81. The zero-order valence-electron chi connectivity index (χ0n) is 11.7. The number of hydrogen-bond acceptors (Lipinski definition) is 3. The van der Waals surface area contributed by atoms with Gasteiger partial charge in [0.15, 0.2) is 0 Å². The molecule has 1 rings (SSSR count). The summed E-state index contributed by atoms with van der Waals surface area (Å²) < 4.78 is 5.60. The Morgan fingerprint density at radius 2 is 2.11 bits per heavy atom. The van der Waals surface area contributed by atoms with Gasteiger partial charge in [-0.15, -0.1) is 0 Å². The fourth-order valence-electron chi connectivity index (χ4n) is 1.50. The summed E-state index contributed by atoms with van der Waals surface area (Å²) >= 11 is 0. The van der Waals surface area contributed by atoms with Crippen molar-refractivity contribution in [2.75, 3.05) is 6.61 Å². The van der Waals surface area contributed by atoms with Crippen LogP contribution >= 0.6 is 0 Å². The molecule has 1 aromatic carbocycles. The summed E-state index contributed by atoms with van der Waals surface area (Å²) in [5, 5.41) is 3.96. The van der Waals surface area contributed by atoms with Gasteiger partial charge in [-0.25, -0.2) is 5.43 Å². The predicted octanol–water partition coefficient (Wildman–Crippen LogP) is 3.12. The molecule has 1 amide bonds. The highest BCUT2D eigenvalue weighted by atomic mass is 16.5. The van der Waals surface area contributed by atoms with Gasteiger partial charge in [-0.3, -0.25) is 4.79 Å². The molecule has 0 saturated heterocycles. The molecule has 4 heteroatoms. The molecule has 0 unspecified atom stereocenters. The van der Waals surface area contributed by atoms with Crippen LogP contribution in [-0.4, -0.2) is 18.7 Å². The van der Waals surface area contributed by atoms with Crippen LogP contribution in [0.3, 0.4) is 0 Å². The number of hydrogen-bond donors (Lipinski definition) is 1. The van der Waals surface area contributed by atoms with E-state index < -0.39 is 0 Å². The van der Waals surface area contributed by atoms with E-state index in [1.54, 1.807) is 6.21 Å². The first-order chi connectivity index (χ1) is 9.27. The molecule has 0 heterocycles. The standard InChI is InChI=1S/C15H22N2O2/c1-3-5-10-15(18)17-16-12-13-8-6-7-9-14(13)19-11-4-2/h6-9,12H,3-5,10-11H2,1-2H3,(H,17,18)/b16-12+. The summed E-state index contributed by atoms with van der Waals surface area (Å²) in [5.41, 5.74) is 3.39. The Morgan fingerprint density at radius 3 is 2.84 bits per heavy atom. The lowest BCUT2D eigenvalue weighted by atomic mass is 10.2. The summed E-state index contributed by atoms with van der Waals surface area (Å²) in [6.45, 7) is 4.79. The van der Waals surface area contributed by atoms with Crippen LogP contribution in [0.4, 0.5) is 0 Å². The second kappa shape index (κ2) is 9.14. The van der Waals surface area contributed by atoms with E-state index in [0.29, 0.717) is 13.0 Å². The van der Waals surface area contributed by atoms with Crippen LogP contribution in [0, 0.1) is 0 Å². The van der Waals surface area contributed by atoms with E-state index in [-0.39, 0.29) is 5.91 Å². The third-order valence-corrected chi connectivity index (χ3v) is 2.53. The molecule has 19 heavy (non-hydrogen) atoms. The first-order valence-corrected chi connectivity index (χ1v) is 6.81. The van der Waals surface area contributed by atoms with Crippen LogP contribution < -0.4 is 10.2 Å². The molecular weight excluding hydrogens is 240 g/mol. The minimum atomic E-state index is -0.0509. The highest BCUT2D eigenvalue weighted by Crippen LogP contribution is 2.15. The van der Waals surface area contributed by atoms with Gasteiger partial charge >= 0.3 is 0 Å². The van der Waals surface area contributed by atoms with Crippen molar-refractivity contribution in [3.05, 3.63) is 29.8 Å². The van der Waals surface area contributed by atoms with Gasteiger partial charge in [-0.1, -0.05) is 32.4 Å². The predicted molar refractivity (Wildman–Crippen MR) is 77.5 cm³/mol. The number of benzene rings is 1. The molecule has 0 aliphatic rings. The van der Waals surface area contributed by atoms with Crippen molar-refractivity contribution >= 4 is 12.1 Å². The first kappa shape index (κ1) is 15.2. The van der Waals surface area contributed by atoms with Gasteiger partial charge in [0.05, 0.1) is 12.8 Å². The summed E-state index contributed by atoms with van der Waals surface area (Å²) in [5.74, 6) is 0.737. The lowest BCUT2D eigenvalue weighted by Gasteiger charge is -2.07. The van der Waals surface area contributed by atoms with Crippen molar-refractivity contribution in [2.24, 2.45) is 5.10 Å². The van der Waals surface area contributed by atoms with E-state index in [1.807, 2.05) is 24.3 Å². The third kappa shape index (κ3) is 6.04. The van der Waals surface area contributed by atoms with Crippen molar-refractivity contribution in [3.8, 4) is 5.75 Å². The molecule has 1 N–H and O–H groups in total.